The fourth-order valence-electron chi connectivity index (χ4n) is 3.79. The number of amides is 1. The van der Waals surface area contributed by atoms with E-state index in [2.05, 4.69) is 0 Å². The van der Waals surface area contributed by atoms with E-state index in [9.17, 15) is 9.59 Å². The highest BCUT2D eigenvalue weighted by Gasteiger charge is 2.47. The Morgan fingerprint density at radius 1 is 1.17 bits per heavy atom. The zero-order valence-electron chi connectivity index (χ0n) is 13.8. The van der Waals surface area contributed by atoms with Gasteiger partial charge in [0.1, 0.15) is 6.61 Å². The maximum absolute atomic E-state index is 12.2. The van der Waals surface area contributed by atoms with Gasteiger partial charge in [-0.05, 0) is 31.2 Å². The molecule has 23 heavy (non-hydrogen) atoms. The van der Waals surface area contributed by atoms with Crippen molar-refractivity contribution in [3.05, 3.63) is 35.9 Å². The molecule has 0 aromatic heterocycles. The van der Waals surface area contributed by atoms with Crippen molar-refractivity contribution in [1.29, 1.82) is 0 Å². The second-order valence-corrected chi connectivity index (χ2v) is 6.97. The Hall–Kier alpha value is -1.84. The van der Waals surface area contributed by atoms with Crippen LogP contribution in [-0.2, 0) is 20.9 Å². The van der Waals surface area contributed by atoms with Gasteiger partial charge in [-0.25, -0.2) is 0 Å². The van der Waals surface area contributed by atoms with Crippen molar-refractivity contribution in [2.45, 2.75) is 45.6 Å². The molecule has 1 aliphatic heterocycles. The van der Waals surface area contributed by atoms with Crippen LogP contribution in [0.1, 0.15) is 44.6 Å². The first kappa shape index (κ1) is 16.0. The van der Waals surface area contributed by atoms with Crippen molar-refractivity contribution in [2.75, 3.05) is 13.1 Å². The SMILES string of the molecule is CCC(=O)N1CC2(CCC(C(=O)OCc3ccccc3)CC2)C1. The molecule has 1 aromatic carbocycles. The molecular weight excluding hydrogens is 290 g/mol. The largest absolute Gasteiger partial charge is 0.461 e. The zero-order chi connectivity index (χ0) is 16.3. The van der Waals surface area contributed by atoms with Gasteiger partial charge in [-0.2, -0.15) is 0 Å². The predicted molar refractivity (Wildman–Crippen MR) is 87.5 cm³/mol. The summed E-state index contributed by atoms with van der Waals surface area (Å²) in [5.74, 6) is 0.213. The molecule has 0 atom stereocenters. The van der Waals surface area contributed by atoms with Gasteiger partial charge < -0.3 is 9.64 Å². The Kier molecular flexibility index (Phi) is 4.69. The number of carbonyl (C=O) groups is 2. The van der Waals surface area contributed by atoms with Gasteiger partial charge >= 0.3 is 5.97 Å². The Morgan fingerprint density at radius 2 is 1.83 bits per heavy atom. The van der Waals surface area contributed by atoms with Crippen LogP contribution < -0.4 is 0 Å². The van der Waals surface area contributed by atoms with Crippen molar-refractivity contribution < 1.29 is 14.3 Å². The molecule has 0 N–H and O–H groups in total. The Balaban J connectivity index is 1.42. The standard InChI is InChI=1S/C19H25NO3/c1-2-17(21)20-13-19(14-20)10-8-16(9-11-19)18(22)23-12-15-6-4-3-5-7-15/h3-7,16H,2,8-14H2,1H3. The molecule has 2 aliphatic rings. The maximum Gasteiger partial charge on any atom is 0.309 e. The molecule has 124 valence electrons. The molecule has 0 radical (unpaired) electrons. The van der Waals surface area contributed by atoms with Crippen LogP contribution in [0.15, 0.2) is 30.3 Å². The van der Waals surface area contributed by atoms with E-state index in [0.717, 1.165) is 44.3 Å². The molecule has 3 rings (SSSR count). The van der Waals surface area contributed by atoms with E-state index in [1.54, 1.807) is 0 Å². The van der Waals surface area contributed by atoms with Crippen molar-refractivity contribution in [1.82, 2.24) is 4.90 Å². The van der Waals surface area contributed by atoms with E-state index >= 15 is 0 Å². The van der Waals surface area contributed by atoms with Crippen LogP contribution in [0.3, 0.4) is 0 Å². The molecular formula is C19H25NO3. The van der Waals surface area contributed by atoms with Gasteiger partial charge in [0, 0.05) is 24.9 Å². The van der Waals surface area contributed by atoms with Crippen LogP contribution >= 0.6 is 0 Å². The Labute approximate surface area is 137 Å². The number of likely N-dealkylation sites (tertiary alicyclic amines) is 1. The Morgan fingerprint density at radius 3 is 2.43 bits per heavy atom. The quantitative estimate of drug-likeness (QED) is 0.802. The third-order valence-electron chi connectivity index (χ3n) is 5.31. The average molecular weight is 315 g/mol. The number of hydrogen-bond acceptors (Lipinski definition) is 3. The molecule has 1 amide bonds. The molecule has 2 fully saturated rings. The van der Waals surface area contributed by atoms with E-state index < -0.39 is 0 Å². The van der Waals surface area contributed by atoms with E-state index in [4.69, 9.17) is 4.74 Å². The lowest BCUT2D eigenvalue weighted by Crippen LogP contribution is -2.59. The summed E-state index contributed by atoms with van der Waals surface area (Å²) in [6, 6.07) is 9.80. The van der Waals surface area contributed by atoms with Crippen molar-refractivity contribution in [2.24, 2.45) is 11.3 Å². The smallest absolute Gasteiger partial charge is 0.309 e. The lowest BCUT2D eigenvalue weighted by Gasteiger charge is -2.53. The van der Waals surface area contributed by atoms with Crippen LogP contribution in [0.5, 0.6) is 0 Å². The van der Waals surface area contributed by atoms with Crippen LogP contribution in [-0.4, -0.2) is 29.9 Å². The van der Waals surface area contributed by atoms with Crippen LogP contribution in [0.4, 0.5) is 0 Å². The average Bonchev–Trinajstić information content (AvgIpc) is 2.58. The minimum atomic E-state index is -0.0653. The van der Waals surface area contributed by atoms with E-state index in [0.29, 0.717) is 13.0 Å². The molecule has 1 aliphatic carbocycles. The highest BCUT2D eigenvalue weighted by molar-refractivity contribution is 5.77. The number of carbonyl (C=O) groups excluding carboxylic acids is 2. The van der Waals surface area contributed by atoms with Gasteiger partial charge in [0.25, 0.3) is 0 Å². The van der Waals surface area contributed by atoms with E-state index in [1.807, 2.05) is 42.2 Å². The zero-order valence-corrected chi connectivity index (χ0v) is 13.8. The number of benzene rings is 1. The number of nitrogens with zero attached hydrogens (tertiary/aromatic N) is 1. The Bertz CT molecular complexity index is 553. The normalized spacial score (nSPS) is 20.1. The van der Waals surface area contributed by atoms with Crippen LogP contribution in [0.2, 0.25) is 0 Å². The third-order valence-corrected chi connectivity index (χ3v) is 5.31. The molecule has 0 bridgehead atoms. The number of hydrogen-bond donors (Lipinski definition) is 0. The van der Waals surface area contributed by atoms with Gasteiger partial charge in [-0.1, -0.05) is 37.3 Å². The minimum absolute atomic E-state index is 0.0280. The fourth-order valence-corrected chi connectivity index (χ4v) is 3.79. The molecule has 1 saturated heterocycles. The summed E-state index contributed by atoms with van der Waals surface area (Å²) in [4.78, 5) is 25.8. The molecule has 1 aromatic rings. The summed E-state index contributed by atoms with van der Waals surface area (Å²) < 4.78 is 5.46. The molecule has 1 heterocycles. The van der Waals surface area contributed by atoms with E-state index in [-0.39, 0.29) is 23.2 Å². The number of rotatable bonds is 4. The maximum atomic E-state index is 12.2. The lowest BCUT2D eigenvalue weighted by molar-refractivity contribution is -0.156. The van der Waals surface area contributed by atoms with Crippen molar-refractivity contribution in [3.8, 4) is 0 Å². The molecule has 1 saturated carbocycles. The van der Waals surface area contributed by atoms with Gasteiger partial charge in [-0.3, -0.25) is 9.59 Å². The van der Waals surface area contributed by atoms with Crippen LogP contribution in [0.25, 0.3) is 0 Å². The van der Waals surface area contributed by atoms with Crippen molar-refractivity contribution in [3.63, 3.8) is 0 Å². The molecule has 4 heteroatoms. The number of esters is 1. The first-order valence-corrected chi connectivity index (χ1v) is 8.60. The molecule has 1 spiro atoms. The summed E-state index contributed by atoms with van der Waals surface area (Å²) in [6.45, 7) is 4.03. The van der Waals surface area contributed by atoms with Gasteiger partial charge in [-0.15, -0.1) is 0 Å². The summed E-state index contributed by atoms with van der Waals surface area (Å²) in [5.41, 5.74) is 1.31. The highest BCUT2D eigenvalue weighted by Crippen LogP contribution is 2.46. The fraction of sp³-hybridized carbons (Fsp3) is 0.579. The monoisotopic (exact) mass is 315 g/mol. The first-order chi connectivity index (χ1) is 11.1. The third kappa shape index (κ3) is 3.57. The second-order valence-electron chi connectivity index (χ2n) is 6.97. The first-order valence-electron chi connectivity index (χ1n) is 8.60. The summed E-state index contributed by atoms with van der Waals surface area (Å²) >= 11 is 0. The lowest BCUT2D eigenvalue weighted by atomic mass is 9.66. The summed E-state index contributed by atoms with van der Waals surface area (Å²) in [6.07, 6.45) is 4.44. The van der Waals surface area contributed by atoms with Crippen LogP contribution in [0, 0.1) is 11.3 Å². The van der Waals surface area contributed by atoms with Crippen molar-refractivity contribution >= 4 is 11.9 Å². The van der Waals surface area contributed by atoms with Gasteiger partial charge in [0.15, 0.2) is 0 Å². The number of ether oxygens (including phenoxy) is 1. The summed E-state index contributed by atoms with van der Waals surface area (Å²) in [5, 5.41) is 0. The molecule has 0 unspecified atom stereocenters. The second kappa shape index (κ2) is 6.73. The topological polar surface area (TPSA) is 46.6 Å². The minimum Gasteiger partial charge on any atom is -0.461 e. The predicted octanol–water partition coefficient (Wildman–Crippen LogP) is 3.16. The van der Waals surface area contributed by atoms with Gasteiger partial charge in [0.05, 0.1) is 5.92 Å². The van der Waals surface area contributed by atoms with Gasteiger partial charge in [0.2, 0.25) is 5.91 Å². The van der Waals surface area contributed by atoms with E-state index in [1.165, 1.54) is 0 Å². The molecule has 4 nitrogen and oxygen atoms in total. The summed E-state index contributed by atoms with van der Waals surface area (Å²) in [7, 11) is 0. The highest BCUT2D eigenvalue weighted by atomic mass is 16.5.